The number of carbonyl (C=O) groups is 2. The molecular formula is C51H50N2O10S4. The van der Waals surface area contributed by atoms with Gasteiger partial charge in [0.05, 0.1) is 25.8 Å². The molecule has 67 heavy (non-hydrogen) atoms. The van der Waals surface area contributed by atoms with Gasteiger partial charge < -0.3 is 10.2 Å². The Morgan fingerprint density at radius 2 is 0.955 bits per heavy atom. The molecule has 1 aromatic heterocycles. The maximum absolute atomic E-state index is 12.9. The number of anilines is 2. The number of rotatable bonds is 18. The summed E-state index contributed by atoms with van der Waals surface area (Å²) in [6.45, 7) is 6.39. The summed E-state index contributed by atoms with van der Waals surface area (Å²) in [5.41, 5.74) is 6.04. The summed E-state index contributed by atoms with van der Waals surface area (Å²) in [5.74, 6) is -1.94. The highest BCUT2D eigenvalue weighted by atomic mass is 32.2. The predicted octanol–water partition coefficient (Wildman–Crippen LogP) is 10.5. The molecule has 0 aliphatic heterocycles. The Hall–Kier alpha value is -6.59. The average Bonchev–Trinajstić information content (AvgIpc) is 3.84. The molecule has 0 aliphatic rings. The molecule has 12 nitrogen and oxygen atoms in total. The Bertz CT molecular complexity index is 3210. The monoisotopic (exact) mass is 978 g/mol. The summed E-state index contributed by atoms with van der Waals surface area (Å²) >= 11 is 0.835. The molecule has 0 radical (unpaired) electrons. The van der Waals surface area contributed by atoms with E-state index in [0.29, 0.717) is 37.1 Å². The molecule has 0 bridgehead atoms. The molecule has 6 aromatic carbocycles. The third kappa shape index (κ3) is 13.3. The molecule has 0 amide bonds. The van der Waals surface area contributed by atoms with Gasteiger partial charge in [0, 0.05) is 16.8 Å². The Balaban J connectivity index is 0.000000222. The number of carboxylic acid groups (broad SMARTS) is 2. The second-order valence-electron chi connectivity index (χ2n) is 16.3. The summed E-state index contributed by atoms with van der Waals surface area (Å²) < 4.78 is 82.2. The molecule has 0 saturated carbocycles. The van der Waals surface area contributed by atoms with Crippen molar-refractivity contribution in [3.63, 3.8) is 0 Å². The van der Waals surface area contributed by atoms with Gasteiger partial charge in [-0.2, -0.15) is 0 Å². The van der Waals surface area contributed by atoms with Crippen molar-refractivity contribution < 1.29 is 45.1 Å². The van der Waals surface area contributed by atoms with Crippen LogP contribution in [0, 0.1) is 0 Å². The van der Waals surface area contributed by atoms with E-state index in [-0.39, 0.29) is 35.4 Å². The van der Waals surface area contributed by atoms with Crippen molar-refractivity contribution in [2.75, 3.05) is 9.44 Å². The zero-order valence-corrected chi connectivity index (χ0v) is 40.2. The van der Waals surface area contributed by atoms with Gasteiger partial charge in [0.1, 0.15) is 4.21 Å². The third-order valence-electron chi connectivity index (χ3n) is 11.1. The maximum atomic E-state index is 12.9. The Morgan fingerprint density at radius 3 is 1.42 bits per heavy atom. The predicted molar refractivity (Wildman–Crippen MR) is 262 cm³/mol. The summed E-state index contributed by atoms with van der Waals surface area (Å²) in [4.78, 5) is 22.5. The summed E-state index contributed by atoms with van der Waals surface area (Å²) in [6, 6.07) is 43.8. The van der Waals surface area contributed by atoms with Gasteiger partial charge in [-0.1, -0.05) is 99.6 Å². The van der Waals surface area contributed by atoms with Crippen molar-refractivity contribution in [2.45, 2.75) is 77.2 Å². The van der Waals surface area contributed by atoms with Crippen LogP contribution in [0.3, 0.4) is 0 Å². The molecule has 0 spiro atoms. The Kier molecular flexibility index (Phi) is 15.9. The quantitative estimate of drug-likeness (QED) is 0.0641. The lowest BCUT2D eigenvalue weighted by Crippen LogP contribution is -2.17. The number of aryl methyl sites for hydroxylation is 4. The first-order valence-corrected chi connectivity index (χ1v) is 26.5. The minimum absolute atomic E-state index is 0.00592. The van der Waals surface area contributed by atoms with Gasteiger partial charge in [0.2, 0.25) is 9.84 Å². The molecule has 0 atom stereocenters. The van der Waals surface area contributed by atoms with Crippen LogP contribution in [0.25, 0.3) is 0 Å². The van der Waals surface area contributed by atoms with Crippen LogP contribution in [0.5, 0.6) is 0 Å². The third-order valence-corrected chi connectivity index (χ3v) is 17.2. The highest BCUT2D eigenvalue weighted by Crippen LogP contribution is 2.31. The number of nitrogens with one attached hydrogen (secondary N) is 2. The Morgan fingerprint density at radius 1 is 0.507 bits per heavy atom. The SMILES string of the molecule is CCC(C)(C)c1ccc(S(=O)(=O)Nc2cccc(CCc3cccc(C(=O)O)c3)c2)cc1.O=C(O)c1cccc(CCc2cccc(NS(=O)(=O)c3cc(S(=O)(=O)c4ccccc4)cs3)c2)c1. The standard InChI is InChI=1S/C26H29NO4S.C25H21NO6S3/c1-4-26(2,3)22-13-15-24(16-14-22)32(30,31)27-23-10-6-8-20(18-23)12-11-19-7-5-9-21(17-19)25(28)29;27-25(28)20-8-4-6-18(14-20)12-13-19-7-5-9-21(15-19)26-35(31,32)24-16-23(17-33-24)34(29,30)22-10-2-1-3-11-22/h5-10,13-18,27H,4,11-12H2,1-3H3,(H,28,29);1-11,14-17,26H,12-13H2,(H,27,28). The molecule has 7 rings (SSSR count). The number of sulfone groups is 1. The number of sulfonamides is 2. The lowest BCUT2D eigenvalue weighted by Gasteiger charge is -2.23. The lowest BCUT2D eigenvalue weighted by atomic mass is 9.82. The highest BCUT2D eigenvalue weighted by Gasteiger charge is 2.25. The van der Waals surface area contributed by atoms with Crippen molar-refractivity contribution in [1.82, 2.24) is 0 Å². The van der Waals surface area contributed by atoms with Gasteiger partial charge in [-0.05, 0) is 144 Å². The maximum Gasteiger partial charge on any atom is 0.335 e. The topological polar surface area (TPSA) is 201 Å². The Labute approximate surface area is 396 Å². The zero-order chi connectivity index (χ0) is 48.4. The molecule has 0 unspecified atom stereocenters. The fraction of sp³-hybridized carbons (Fsp3) is 0.176. The first-order valence-electron chi connectivity index (χ1n) is 21.1. The molecule has 0 saturated heterocycles. The van der Waals surface area contributed by atoms with Crippen LogP contribution in [-0.4, -0.2) is 47.4 Å². The van der Waals surface area contributed by atoms with E-state index in [1.165, 1.54) is 23.6 Å². The van der Waals surface area contributed by atoms with E-state index in [1.807, 2.05) is 48.5 Å². The van der Waals surface area contributed by atoms with E-state index in [9.17, 15) is 34.8 Å². The van der Waals surface area contributed by atoms with Crippen LogP contribution in [0.2, 0.25) is 0 Å². The van der Waals surface area contributed by atoms with Crippen molar-refractivity contribution >= 4 is 64.5 Å². The number of aromatic carboxylic acids is 2. The molecule has 0 aliphatic carbocycles. The van der Waals surface area contributed by atoms with Crippen LogP contribution in [0.15, 0.2) is 182 Å². The summed E-state index contributed by atoms with van der Waals surface area (Å²) in [6.07, 6.45) is 3.45. The molecule has 16 heteroatoms. The van der Waals surface area contributed by atoms with Crippen LogP contribution in [0.4, 0.5) is 11.4 Å². The molecule has 7 aromatic rings. The number of thiophene rings is 1. The van der Waals surface area contributed by atoms with E-state index in [2.05, 4.69) is 30.2 Å². The van der Waals surface area contributed by atoms with Gasteiger partial charge in [-0.15, -0.1) is 11.3 Å². The smallest absolute Gasteiger partial charge is 0.335 e. The average molecular weight is 979 g/mol. The fourth-order valence-electron chi connectivity index (χ4n) is 6.90. The first-order chi connectivity index (χ1) is 31.8. The van der Waals surface area contributed by atoms with Gasteiger partial charge in [-0.25, -0.2) is 34.8 Å². The number of hydrogen-bond donors (Lipinski definition) is 4. The minimum atomic E-state index is -4.00. The molecule has 4 N–H and O–H groups in total. The van der Waals surface area contributed by atoms with Gasteiger partial charge in [0.25, 0.3) is 20.0 Å². The van der Waals surface area contributed by atoms with E-state index >= 15 is 0 Å². The fourth-order valence-corrected chi connectivity index (χ4v) is 11.9. The highest BCUT2D eigenvalue weighted by molar-refractivity contribution is 7.95. The van der Waals surface area contributed by atoms with Gasteiger partial charge >= 0.3 is 11.9 Å². The first kappa shape index (κ1) is 49.8. The number of carboxylic acids is 2. The second-order valence-corrected chi connectivity index (χ2v) is 22.8. The van der Waals surface area contributed by atoms with Crippen LogP contribution < -0.4 is 9.44 Å². The van der Waals surface area contributed by atoms with E-state index < -0.39 is 41.8 Å². The summed E-state index contributed by atoms with van der Waals surface area (Å²) in [5, 5.41) is 19.6. The largest absolute Gasteiger partial charge is 0.478 e. The van der Waals surface area contributed by atoms with Crippen molar-refractivity contribution in [1.29, 1.82) is 0 Å². The van der Waals surface area contributed by atoms with Gasteiger partial charge in [0.15, 0.2) is 0 Å². The van der Waals surface area contributed by atoms with Crippen LogP contribution in [0.1, 0.15) is 75.7 Å². The molecular weight excluding hydrogens is 929 g/mol. The van der Waals surface area contributed by atoms with Gasteiger partial charge in [-0.3, -0.25) is 9.44 Å². The molecule has 1 heterocycles. The van der Waals surface area contributed by atoms with Crippen molar-refractivity contribution in [2.24, 2.45) is 0 Å². The van der Waals surface area contributed by atoms with E-state index in [1.54, 1.807) is 84.9 Å². The van der Waals surface area contributed by atoms with Crippen LogP contribution >= 0.6 is 11.3 Å². The van der Waals surface area contributed by atoms with Crippen LogP contribution in [-0.2, 0) is 61.0 Å². The minimum Gasteiger partial charge on any atom is -0.478 e. The van der Waals surface area contributed by atoms with Crippen molar-refractivity contribution in [3.8, 4) is 0 Å². The van der Waals surface area contributed by atoms with E-state index in [4.69, 9.17) is 10.2 Å². The zero-order valence-electron chi connectivity index (χ0n) is 36.9. The number of benzene rings is 6. The second kappa shape index (κ2) is 21.4. The van der Waals surface area contributed by atoms with Crippen molar-refractivity contribution in [3.05, 3.63) is 202 Å². The number of hydrogen-bond acceptors (Lipinski definition) is 9. The summed E-state index contributed by atoms with van der Waals surface area (Å²) in [7, 11) is -11.5. The lowest BCUT2D eigenvalue weighted by molar-refractivity contribution is 0.0686. The molecule has 348 valence electrons. The molecule has 0 fully saturated rings. The van der Waals surface area contributed by atoms with E-state index in [0.717, 1.165) is 51.6 Å². The normalized spacial score (nSPS) is 11.8.